The van der Waals surface area contributed by atoms with E-state index in [1.54, 1.807) is 0 Å². The van der Waals surface area contributed by atoms with Crippen LogP contribution in [0.25, 0.3) is 0 Å². The highest BCUT2D eigenvalue weighted by atomic mass is 19.1. The van der Waals surface area contributed by atoms with Gasteiger partial charge < -0.3 is 0 Å². The lowest BCUT2D eigenvalue weighted by Crippen LogP contribution is -1.87. The molecule has 0 aliphatic rings. The Kier molecular flexibility index (Phi) is 3.70. The molecule has 0 rings (SSSR count). The molecule has 56 valence electrons. The lowest BCUT2D eigenvalue weighted by atomic mass is 10.1. The molecule has 0 saturated carbocycles. The molecule has 1 heteroatoms. The molecule has 0 N–H and O–H groups in total. The Hall–Kier alpha value is -0.850. The molecule has 0 aliphatic heterocycles. The third-order valence-corrected chi connectivity index (χ3v) is 1.26. The van der Waals surface area contributed by atoms with E-state index in [9.17, 15) is 4.39 Å². The van der Waals surface area contributed by atoms with Crippen LogP contribution in [0, 0.1) is 5.92 Å². The second-order valence-corrected chi connectivity index (χ2v) is 2.46. The van der Waals surface area contributed by atoms with Gasteiger partial charge >= 0.3 is 0 Å². The van der Waals surface area contributed by atoms with Crippen molar-refractivity contribution in [3.63, 3.8) is 0 Å². The second kappa shape index (κ2) is 4.04. The van der Waals surface area contributed by atoms with Crippen LogP contribution in [0.1, 0.15) is 13.8 Å². The quantitative estimate of drug-likeness (QED) is 0.528. The maximum Gasteiger partial charge on any atom is 0.122 e. The molecule has 0 heterocycles. The van der Waals surface area contributed by atoms with E-state index in [-0.39, 0.29) is 5.83 Å². The fourth-order valence-electron chi connectivity index (χ4n) is 0.403. The van der Waals surface area contributed by atoms with Crippen molar-refractivity contribution < 1.29 is 4.39 Å². The molecule has 0 aliphatic carbocycles. The van der Waals surface area contributed by atoms with Crippen molar-refractivity contribution in [3.05, 3.63) is 36.7 Å². The van der Waals surface area contributed by atoms with Crippen LogP contribution in [0.4, 0.5) is 4.39 Å². The van der Waals surface area contributed by atoms with Gasteiger partial charge in [-0.25, -0.2) is 4.39 Å². The van der Waals surface area contributed by atoms with Crippen molar-refractivity contribution in [2.24, 2.45) is 5.92 Å². The minimum atomic E-state index is -0.321. The Morgan fingerprint density at radius 1 is 1.50 bits per heavy atom. The van der Waals surface area contributed by atoms with Gasteiger partial charge in [-0.05, 0) is 23.6 Å². The molecule has 0 saturated heterocycles. The zero-order valence-corrected chi connectivity index (χ0v) is 6.52. The molecule has 0 bridgehead atoms. The van der Waals surface area contributed by atoms with Crippen molar-refractivity contribution in [1.29, 1.82) is 0 Å². The molecular formula is C9H13F. The summed E-state index contributed by atoms with van der Waals surface area (Å²) in [7, 11) is 0. The molecule has 0 aromatic heterocycles. The summed E-state index contributed by atoms with van der Waals surface area (Å²) in [6.45, 7) is 10.9. The molecule has 0 atom stereocenters. The van der Waals surface area contributed by atoms with Crippen molar-refractivity contribution in [3.8, 4) is 0 Å². The SMILES string of the molecule is C=C/C(F)=C\C(=C)C(C)C. The molecule has 10 heavy (non-hydrogen) atoms. The fraction of sp³-hybridized carbons (Fsp3) is 0.333. The largest absolute Gasteiger partial charge is 0.207 e. The summed E-state index contributed by atoms with van der Waals surface area (Å²) in [6.07, 6.45) is 2.57. The van der Waals surface area contributed by atoms with Crippen molar-refractivity contribution >= 4 is 0 Å². The molecule has 0 amide bonds. The van der Waals surface area contributed by atoms with Crippen molar-refractivity contribution in [1.82, 2.24) is 0 Å². The Morgan fingerprint density at radius 3 is 2.30 bits per heavy atom. The van der Waals surface area contributed by atoms with Gasteiger partial charge in [0.15, 0.2) is 0 Å². The highest BCUT2D eigenvalue weighted by Gasteiger charge is 1.96. The van der Waals surface area contributed by atoms with Gasteiger partial charge in [0, 0.05) is 0 Å². The molecule has 0 aromatic carbocycles. The van der Waals surface area contributed by atoms with E-state index in [2.05, 4.69) is 13.2 Å². The molecule has 0 spiro atoms. The van der Waals surface area contributed by atoms with Crippen LogP contribution in [0.5, 0.6) is 0 Å². The average molecular weight is 140 g/mol. The number of allylic oxidation sites excluding steroid dienone is 4. The average Bonchev–Trinajstić information content (AvgIpc) is 1.87. The van der Waals surface area contributed by atoms with Gasteiger partial charge in [-0.2, -0.15) is 0 Å². The minimum absolute atomic E-state index is 0.297. The summed E-state index contributed by atoms with van der Waals surface area (Å²) in [5.41, 5.74) is 0.789. The van der Waals surface area contributed by atoms with E-state index in [0.29, 0.717) is 5.92 Å². The zero-order chi connectivity index (χ0) is 8.15. The van der Waals surface area contributed by atoms with Crippen LogP contribution >= 0.6 is 0 Å². The topological polar surface area (TPSA) is 0 Å². The standard InChI is InChI=1S/C9H13F/c1-5-9(10)6-8(4)7(2)3/h5-7H,1,4H2,2-3H3/b9-6+. The zero-order valence-electron chi connectivity index (χ0n) is 6.52. The Balaban J connectivity index is 4.13. The van der Waals surface area contributed by atoms with Gasteiger partial charge in [0.1, 0.15) is 5.83 Å². The van der Waals surface area contributed by atoms with Crippen LogP contribution in [0.3, 0.4) is 0 Å². The van der Waals surface area contributed by atoms with E-state index in [4.69, 9.17) is 0 Å². The van der Waals surface area contributed by atoms with Gasteiger partial charge in [0.25, 0.3) is 0 Å². The first-order chi connectivity index (χ1) is 4.57. The molecule has 0 radical (unpaired) electrons. The lowest BCUT2D eigenvalue weighted by molar-refractivity contribution is 0.661. The predicted molar refractivity (Wildman–Crippen MR) is 43.4 cm³/mol. The van der Waals surface area contributed by atoms with E-state index < -0.39 is 0 Å². The molecule has 0 fully saturated rings. The van der Waals surface area contributed by atoms with Crippen molar-refractivity contribution in [2.75, 3.05) is 0 Å². The summed E-state index contributed by atoms with van der Waals surface area (Å²) in [6, 6.07) is 0. The summed E-state index contributed by atoms with van der Waals surface area (Å²) >= 11 is 0. The normalized spacial score (nSPS) is 11.8. The van der Waals surface area contributed by atoms with E-state index in [1.807, 2.05) is 13.8 Å². The Labute approximate surface area is 61.8 Å². The Bertz CT molecular complexity index is 164. The smallest absolute Gasteiger partial charge is 0.122 e. The number of hydrogen-bond acceptors (Lipinski definition) is 0. The van der Waals surface area contributed by atoms with Crippen LogP contribution in [0.2, 0.25) is 0 Å². The van der Waals surface area contributed by atoms with E-state index in [0.717, 1.165) is 5.57 Å². The van der Waals surface area contributed by atoms with Crippen LogP contribution in [0.15, 0.2) is 36.7 Å². The third kappa shape index (κ3) is 3.23. The van der Waals surface area contributed by atoms with Crippen LogP contribution in [-0.2, 0) is 0 Å². The van der Waals surface area contributed by atoms with Gasteiger partial charge in [0.05, 0.1) is 0 Å². The van der Waals surface area contributed by atoms with Crippen LogP contribution in [-0.4, -0.2) is 0 Å². The maximum atomic E-state index is 12.4. The van der Waals surface area contributed by atoms with Gasteiger partial charge in [0.2, 0.25) is 0 Å². The first kappa shape index (κ1) is 9.15. The highest BCUT2D eigenvalue weighted by molar-refractivity contribution is 5.23. The predicted octanol–water partition coefficient (Wildman–Crippen LogP) is 3.24. The first-order valence-electron chi connectivity index (χ1n) is 3.26. The number of rotatable bonds is 3. The molecule has 0 unspecified atom stereocenters. The number of halogens is 1. The van der Waals surface area contributed by atoms with E-state index in [1.165, 1.54) is 12.2 Å². The summed E-state index contributed by atoms with van der Waals surface area (Å²) in [5.74, 6) is -0.0237. The highest BCUT2D eigenvalue weighted by Crippen LogP contribution is 2.11. The third-order valence-electron chi connectivity index (χ3n) is 1.26. The van der Waals surface area contributed by atoms with Gasteiger partial charge in [-0.1, -0.05) is 27.0 Å². The summed E-state index contributed by atoms with van der Waals surface area (Å²) in [5, 5.41) is 0. The second-order valence-electron chi connectivity index (χ2n) is 2.46. The lowest BCUT2D eigenvalue weighted by Gasteiger charge is -2.01. The van der Waals surface area contributed by atoms with Gasteiger partial charge in [-0.3, -0.25) is 0 Å². The summed E-state index contributed by atoms with van der Waals surface area (Å²) < 4.78 is 12.4. The first-order valence-corrected chi connectivity index (χ1v) is 3.26. The molecular weight excluding hydrogens is 127 g/mol. The van der Waals surface area contributed by atoms with E-state index >= 15 is 0 Å². The fourth-order valence-corrected chi connectivity index (χ4v) is 0.403. The van der Waals surface area contributed by atoms with Crippen LogP contribution < -0.4 is 0 Å². The maximum absolute atomic E-state index is 12.4. The number of hydrogen-bond donors (Lipinski definition) is 0. The molecule has 0 aromatic rings. The minimum Gasteiger partial charge on any atom is -0.207 e. The summed E-state index contributed by atoms with van der Waals surface area (Å²) in [4.78, 5) is 0. The monoisotopic (exact) mass is 140 g/mol. The van der Waals surface area contributed by atoms with Gasteiger partial charge in [-0.15, -0.1) is 0 Å². The Morgan fingerprint density at radius 2 is 2.00 bits per heavy atom. The molecule has 0 nitrogen and oxygen atoms in total. The van der Waals surface area contributed by atoms with Crippen molar-refractivity contribution in [2.45, 2.75) is 13.8 Å².